The number of para-hydroxylation sites is 1. The number of carbonyl (C=O) groups excluding carboxylic acids is 1. The van der Waals surface area contributed by atoms with E-state index in [4.69, 9.17) is 9.47 Å². The van der Waals surface area contributed by atoms with Crippen molar-refractivity contribution in [3.63, 3.8) is 0 Å². The van der Waals surface area contributed by atoms with Gasteiger partial charge in [0.15, 0.2) is 6.61 Å². The number of amides is 1. The lowest BCUT2D eigenvalue weighted by atomic mass is 9.83. The van der Waals surface area contributed by atoms with E-state index < -0.39 is 0 Å². The van der Waals surface area contributed by atoms with E-state index in [0.717, 1.165) is 41.9 Å². The maximum absolute atomic E-state index is 12.6. The third kappa shape index (κ3) is 4.26. The van der Waals surface area contributed by atoms with Gasteiger partial charge in [-0.1, -0.05) is 38.1 Å². The van der Waals surface area contributed by atoms with Crippen LogP contribution in [-0.4, -0.2) is 18.1 Å². The Labute approximate surface area is 161 Å². The fourth-order valence-electron chi connectivity index (χ4n) is 3.62. The van der Waals surface area contributed by atoms with Crippen LogP contribution in [0.1, 0.15) is 55.8 Å². The number of benzene rings is 2. The number of hydrogen-bond acceptors (Lipinski definition) is 3. The molecule has 0 bridgehead atoms. The van der Waals surface area contributed by atoms with Gasteiger partial charge in [0, 0.05) is 12.0 Å². The molecule has 0 saturated carbocycles. The number of aryl methyl sites for hydroxylation is 2. The Morgan fingerprint density at radius 1 is 1.15 bits per heavy atom. The van der Waals surface area contributed by atoms with E-state index in [1.165, 1.54) is 5.56 Å². The lowest BCUT2D eigenvalue weighted by Crippen LogP contribution is -2.45. The molecule has 2 aromatic carbocycles. The molecule has 3 rings (SSSR count). The average Bonchev–Trinajstić information content (AvgIpc) is 2.68. The first-order valence-corrected chi connectivity index (χ1v) is 9.73. The Hall–Kier alpha value is -2.49. The van der Waals surface area contributed by atoms with E-state index in [0.29, 0.717) is 0 Å². The van der Waals surface area contributed by atoms with Gasteiger partial charge in [-0.25, -0.2) is 0 Å². The van der Waals surface area contributed by atoms with Crippen LogP contribution >= 0.6 is 0 Å². The number of nitrogens with one attached hydrogen (secondary N) is 1. The number of rotatable bonds is 6. The molecule has 0 aromatic heterocycles. The van der Waals surface area contributed by atoms with E-state index in [1.54, 1.807) is 0 Å². The smallest absolute Gasteiger partial charge is 0.258 e. The molecule has 144 valence electrons. The van der Waals surface area contributed by atoms with Crippen molar-refractivity contribution in [2.45, 2.75) is 58.6 Å². The van der Waals surface area contributed by atoms with Gasteiger partial charge in [0.25, 0.3) is 5.91 Å². The molecular formula is C23H29NO3. The monoisotopic (exact) mass is 367 g/mol. The van der Waals surface area contributed by atoms with Crippen LogP contribution in [0.25, 0.3) is 0 Å². The van der Waals surface area contributed by atoms with Crippen molar-refractivity contribution in [1.29, 1.82) is 0 Å². The molecule has 2 aromatic rings. The first-order valence-electron chi connectivity index (χ1n) is 9.73. The van der Waals surface area contributed by atoms with Crippen LogP contribution in [0.5, 0.6) is 11.5 Å². The molecule has 1 heterocycles. The summed E-state index contributed by atoms with van der Waals surface area (Å²) in [6.45, 7) is 8.38. The molecule has 0 fully saturated rings. The topological polar surface area (TPSA) is 47.6 Å². The van der Waals surface area contributed by atoms with Crippen LogP contribution in [0.4, 0.5) is 0 Å². The SMILES string of the molecule is CCC1(CC)CC(NC(=O)COc2ccc(C)c(C)c2)c2ccccc2O1. The highest BCUT2D eigenvalue weighted by Gasteiger charge is 2.38. The summed E-state index contributed by atoms with van der Waals surface area (Å²) in [5.41, 5.74) is 3.17. The molecular weight excluding hydrogens is 338 g/mol. The van der Waals surface area contributed by atoms with E-state index in [2.05, 4.69) is 26.1 Å². The molecule has 0 saturated heterocycles. The standard InChI is InChI=1S/C23H29NO3/c1-5-23(6-2)14-20(19-9-7-8-10-21(19)27-23)24-22(25)15-26-18-12-11-16(3)17(4)13-18/h7-13,20H,5-6,14-15H2,1-4H3,(H,24,25). The van der Waals surface area contributed by atoms with Crippen molar-refractivity contribution in [3.05, 3.63) is 59.2 Å². The zero-order valence-corrected chi connectivity index (χ0v) is 16.7. The van der Waals surface area contributed by atoms with Gasteiger partial charge in [0.2, 0.25) is 0 Å². The summed E-state index contributed by atoms with van der Waals surface area (Å²) < 4.78 is 12.0. The summed E-state index contributed by atoms with van der Waals surface area (Å²) >= 11 is 0. The zero-order valence-electron chi connectivity index (χ0n) is 16.7. The molecule has 0 radical (unpaired) electrons. The highest BCUT2D eigenvalue weighted by atomic mass is 16.5. The van der Waals surface area contributed by atoms with Crippen LogP contribution in [0.15, 0.2) is 42.5 Å². The summed E-state index contributed by atoms with van der Waals surface area (Å²) in [6, 6.07) is 13.8. The lowest BCUT2D eigenvalue weighted by molar-refractivity contribution is -0.124. The van der Waals surface area contributed by atoms with Crippen LogP contribution in [-0.2, 0) is 4.79 Å². The second kappa shape index (κ2) is 8.03. The van der Waals surface area contributed by atoms with Crippen LogP contribution in [0.2, 0.25) is 0 Å². The van der Waals surface area contributed by atoms with Crippen molar-refractivity contribution >= 4 is 5.91 Å². The molecule has 1 unspecified atom stereocenters. The Bertz CT molecular complexity index is 811. The number of ether oxygens (including phenoxy) is 2. The van der Waals surface area contributed by atoms with Crippen LogP contribution < -0.4 is 14.8 Å². The number of hydrogen-bond donors (Lipinski definition) is 1. The first-order chi connectivity index (χ1) is 13.0. The summed E-state index contributed by atoms with van der Waals surface area (Å²) in [5.74, 6) is 1.47. The van der Waals surface area contributed by atoms with Gasteiger partial charge in [-0.2, -0.15) is 0 Å². The van der Waals surface area contributed by atoms with E-state index in [9.17, 15) is 4.79 Å². The minimum Gasteiger partial charge on any atom is -0.487 e. The molecule has 27 heavy (non-hydrogen) atoms. The van der Waals surface area contributed by atoms with Gasteiger partial charge >= 0.3 is 0 Å². The highest BCUT2D eigenvalue weighted by Crippen LogP contribution is 2.42. The molecule has 1 N–H and O–H groups in total. The van der Waals surface area contributed by atoms with Gasteiger partial charge in [-0.05, 0) is 56.0 Å². The van der Waals surface area contributed by atoms with Crippen molar-refractivity contribution in [2.75, 3.05) is 6.61 Å². The Balaban J connectivity index is 1.69. The summed E-state index contributed by atoms with van der Waals surface area (Å²) in [5, 5.41) is 3.15. The zero-order chi connectivity index (χ0) is 19.4. The van der Waals surface area contributed by atoms with Crippen LogP contribution in [0, 0.1) is 13.8 Å². The molecule has 1 aliphatic heterocycles. The second-order valence-corrected chi connectivity index (χ2v) is 7.39. The van der Waals surface area contributed by atoms with Crippen molar-refractivity contribution in [3.8, 4) is 11.5 Å². The maximum Gasteiger partial charge on any atom is 0.258 e. The normalized spacial score (nSPS) is 17.6. The number of carbonyl (C=O) groups is 1. The van der Waals surface area contributed by atoms with Crippen LogP contribution in [0.3, 0.4) is 0 Å². The molecule has 1 aliphatic rings. The second-order valence-electron chi connectivity index (χ2n) is 7.39. The minimum absolute atomic E-state index is 0.00722. The molecule has 0 spiro atoms. The van der Waals surface area contributed by atoms with Gasteiger partial charge in [0.1, 0.15) is 17.1 Å². The number of fused-ring (bicyclic) bond motifs is 1. The van der Waals surface area contributed by atoms with Gasteiger partial charge < -0.3 is 14.8 Å². The fourth-order valence-corrected chi connectivity index (χ4v) is 3.62. The fraction of sp³-hybridized carbons (Fsp3) is 0.435. The third-order valence-electron chi connectivity index (χ3n) is 5.67. The Morgan fingerprint density at radius 3 is 2.59 bits per heavy atom. The summed E-state index contributed by atoms with van der Waals surface area (Å²) in [4.78, 5) is 12.6. The third-order valence-corrected chi connectivity index (χ3v) is 5.67. The van der Waals surface area contributed by atoms with Crippen molar-refractivity contribution < 1.29 is 14.3 Å². The summed E-state index contributed by atoms with van der Waals surface area (Å²) in [6.07, 6.45) is 2.58. The van der Waals surface area contributed by atoms with E-state index in [-0.39, 0.29) is 24.2 Å². The lowest BCUT2D eigenvalue weighted by Gasteiger charge is -2.41. The highest BCUT2D eigenvalue weighted by molar-refractivity contribution is 5.78. The van der Waals surface area contributed by atoms with Crippen molar-refractivity contribution in [2.24, 2.45) is 0 Å². The first kappa shape index (κ1) is 19.3. The quantitative estimate of drug-likeness (QED) is 0.791. The largest absolute Gasteiger partial charge is 0.487 e. The van der Waals surface area contributed by atoms with Gasteiger partial charge in [-0.3, -0.25) is 4.79 Å². The molecule has 4 nitrogen and oxygen atoms in total. The maximum atomic E-state index is 12.6. The molecule has 0 aliphatic carbocycles. The Morgan fingerprint density at radius 2 is 1.89 bits per heavy atom. The Kier molecular flexibility index (Phi) is 5.73. The predicted octanol–water partition coefficient (Wildman–Crippen LogP) is 4.88. The van der Waals surface area contributed by atoms with Gasteiger partial charge in [0.05, 0.1) is 6.04 Å². The van der Waals surface area contributed by atoms with E-state index >= 15 is 0 Å². The average molecular weight is 367 g/mol. The van der Waals surface area contributed by atoms with E-state index in [1.807, 2.05) is 49.4 Å². The van der Waals surface area contributed by atoms with Crippen molar-refractivity contribution in [1.82, 2.24) is 5.32 Å². The van der Waals surface area contributed by atoms with Gasteiger partial charge in [-0.15, -0.1) is 0 Å². The molecule has 4 heteroatoms. The molecule has 1 atom stereocenters. The summed E-state index contributed by atoms with van der Waals surface area (Å²) in [7, 11) is 0. The predicted molar refractivity (Wildman–Crippen MR) is 107 cm³/mol. The minimum atomic E-state index is -0.235. The molecule has 1 amide bonds.